The SMILES string of the molecule is NNc1ccc([N+](=O)[O-])c(S(=O)(=O)N(CCO)CCO)c1. The number of nitrogens with two attached hydrogens (primary N) is 1. The van der Waals surface area contributed by atoms with Gasteiger partial charge in [-0.15, -0.1) is 0 Å². The highest BCUT2D eigenvalue weighted by molar-refractivity contribution is 7.89. The van der Waals surface area contributed by atoms with Crippen LogP contribution in [0.3, 0.4) is 0 Å². The van der Waals surface area contributed by atoms with Gasteiger partial charge in [-0.25, -0.2) is 8.42 Å². The summed E-state index contributed by atoms with van der Waals surface area (Å²) in [6, 6.07) is 3.30. The first-order valence-electron chi connectivity index (χ1n) is 5.85. The van der Waals surface area contributed by atoms with Gasteiger partial charge in [0.05, 0.1) is 23.8 Å². The van der Waals surface area contributed by atoms with Crippen LogP contribution in [0.15, 0.2) is 23.1 Å². The van der Waals surface area contributed by atoms with E-state index in [-0.39, 0.29) is 18.8 Å². The number of nitrogens with zero attached hydrogens (tertiary/aromatic N) is 2. The zero-order valence-corrected chi connectivity index (χ0v) is 11.8. The van der Waals surface area contributed by atoms with E-state index >= 15 is 0 Å². The monoisotopic (exact) mass is 320 g/mol. The molecule has 21 heavy (non-hydrogen) atoms. The summed E-state index contributed by atoms with van der Waals surface area (Å²) < 4.78 is 25.6. The predicted molar refractivity (Wildman–Crippen MR) is 73.8 cm³/mol. The highest BCUT2D eigenvalue weighted by Gasteiger charge is 2.31. The van der Waals surface area contributed by atoms with Crippen LogP contribution in [0.5, 0.6) is 0 Å². The maximum absolute atomic E-state index is 12.4. The molecule has 0 aliphatic carbocycles. The number of nitrogen functional groups attached to an aromatic ring is 1. The molecule has 11 heteroatoms. The van der Waals surface area contributed by atoms with Crippen molar-refractivity contribution in [3.05, 3.63) is 28.3 Å². The molecule has 0 radical (unpaired) electrons. The molecule has 0 bridgehead atoms. The predicted octanol–water partition coefficient (Wildman–Crippen LogP) is -1.14. The summed E-state index contributed by atoms with van der Waals surface area (Å²) in [5.41, 5.74) is 1.76. The van der Waals surface area contributed by atoms with Gasteiger partial charge in [-0.2, -0.15) is 4.31 Å². The molecule has 10 nitrogen and oxygen atoms in total. The summed E-state index contributed by atoms with van der Waals surface area (Å²) in [6.07, 6.45) is 0. The lowest BCUT2D eigenvalue weighted by Crippen LogP contribution is -2.36. The molecular weight excluding hydrogens is 304 g/mol. The second-order valence-electron chi connectivity index (χ2n) is 3.94. The summed E-state index contributed by atoms with van der Waals surface area (Å²) in [7, 11) is -4.26. The van der Waals surface area contributed by atoms with E-state index < -0.39 is 38.7 Å². The van der Waals surface area contributed by atoms with Crippen LogP contribution in [0.4, 0.5) is 11.4 Å². The molecule has 0 heterocycles. The van der Waals surface area contributed by atoms with Gasteiger partial charge in [0, 0.05) is 19.2 Å². The molecule has 0 aromatic heterocycles. The third-order valence-corrected chi connectivity index (χ3v) is 4.57. The second kappa shape index (κ2) is 7.28. The zero-order valence-electron chi connectivity index (χ0n) is 11.0. The van der Waals surface area contributed by atoms with Crippen molar-refractivity contribution in [1.82, 2.24) is 4.31 Å². The number of sulfonamides is 1. The van der Waals surface area contributed by atoms with Crippen LogP contribution in [0.25, 0.3) is 0 Å². The highest BCUT2D eigenvalue weighted by Crippen LogP contribution is 2.29. The molecule has 0 aliphatic rings. The van der Waals surface area contributed by atoms with Gasteiger partial charge in [0.1, 0.15) is 0 Å². The fourth-order valence-electron chi connectivity index (χ4n) is 1.68. The fraction of sp³-hybridized carbons (Fsp3) is 0.400. The van der Waals surface area contributed by atoms with Crippen molar-refractivity contribution in [2.45, 2.75) is 4.90 Å². The van der Waals surface area contributed by atoms with Crippen LogP contribution < -0.4 is 11.3 Å². The highest BCUT2D eigenvalue weighted by atomic mass is 32.2. The zero-order chi connectivity index (χ0) is 16.0. The largest absolute Gasteiger partial charge is 0.395 e. The van der Waals surface area contributed by atoms with Crippen molar-refractivity contribution in [3.63, 3.8) is 0 Å². The molecule has 1 aromatic rings. The molecule has 5 N–H and O–H groups in total. The third-order valence-electron chi connectivity index (χ3n) is 2.64. The van der Waals surface area contributed by atoms with E-state index in [4.69, 9.17) is 16.1 Å². The van der Waals surface area contributed by atoms with Gasteiger partial charge in [-0.05, 0) is 12.1 Å². The van der Waals surface area contributed by atoms with Gasteiger partial charge in [0.2, 0.25) is 10.0 Å². The number of hydrogen-bond donors (Lipinski definition) is 4. The van der Waals surface area contributed by atoms with Crippen LogP contribution in [-0.4, -0.2) is 54.2 Å². The van der Waals surface area contributed by atoms with Crippen LogP contribution in [0.1, 0.15) is 0 Å². The first-order valence-corrected chi connectivity index (χ1v) is 7.29. The summed E-state index contributed by atoms with van der Waals surface area (Å²) in [5.74, 6) is 5.17. The van der Waals surface area contributed by atoms with E-state index in [1.54, 1.807) is 0 Å². The number of rotatable bonds is 8. The van der Waals surface area contributed by atoms with Crippen LogP contribution in [0, 0.1) is 10.1 Å². The summed E-state index contributed by atoms with van der Waals surface area (Å²) in [6.45, 7) is -1.55. The van der Waals surface area contributed by atoms with E-state index in [2.05, 4.69) is 5.43 Å². The maximum Gasteiger partial charge on any atom is 0.289 e. The van der Waals surface area contributed by atoms with Crippen molar-refractivity contribution < 1.29 is 23.6 Å². The maximum atomic E-state index is 12.4. The van der Waals surface area contributed by atoms with Crippen molar-refractivity contribution >= 4 is 21.4 Å². The summed E-state index contributed by atoms with van der Waals surface area (Å²) in [5, 5.41) is 28.8. The number of nitrogens with one attached hydrogen (secondary N) is 1. The van der Waals surface area contributed by atoms with Crippen molar-refractivity contribution in [2.24, 2.45) is 5.84 Å². The van der Waals surface area contributed by atoms with E-state index in [1.165, 1.54) is 6.07 Å². The minimum absolute atomic E-state index is 0.173. The van der Waals surface area contributed by atoms with Gasteiger partial charge in [0.25, 0.3) is 5.69 Å². The Morgan fingerprint density at radius 3 is 2.29 bits per heavy atom. The van der Waals surface area contributed by atoms with Gasteiger partial charge >= 0.3 is 0 Å². The number of nitro groups is 1. The number of aliphatic hydroxyl groups is 2. The second-order valence-corrected chi connectivity index (χ2v) is 5.84. The molecular formula is C10H16N4O6S. The molecule has 0 unspecified atom stereocenters. The smallest absolute Gasteiger partial charge is 0.289 e. The van der Waals surface area contributed by atoms with Crippen LogP contribution in [-0.2, 0) is 10.0 Å². The fourth-order valence-corrected chi connectivity index (χ4v) is 3.28. The first-order chi connectivity index (χ1) is 9.88. The van der Waals surface area contributed by atoms with E-state index in [0.717, 1.165) is 16.4 Å². The van der Waals surface area contributed by atoms with E-state index in [9.17, 15) is 18.5 Å². The molecule has 1 aromatic carbocycles. The Morgan fingerprint density at radius 1 is 1.29 bits per heavy atom. The lowest BCUT2D eigenvalue weighted by Gasteiger charge is -2.20. The van der Waals surface area contributed by atoms with Crippen molar-refractivity contribution in [3.8, 4) is 0 Å². The average Bonchev–Trinajstić information content (AvgIpc) is 2.46. The number of hydrogen-bond acceptors (Lipinski definition) is 8. The van der Waals surface area contributed by atoms with Crippen LogP contribution >= 0.6 is 0 Å². The number of nitro benzene ring substituents is 1. The standard InChI is InChI=1S/C10H16N4O6S/c11-12-8-1-2-9(14(17)18)10(7-8)21(19,20)13(3-5-15)4-6-16/h1-2,7,12,15-16H,3-6,11H2. The molecule has 0 saturated carbocycles. The van der Waals surface area contributed by atoms with Gasteiger partial charge in [0.15, 0.2) is 4.90 Å². The van der Waals surface area contributed by atoms with E-state index in [1.807, 2.05) is 0 Å². The minimum atomic E-state index is -4.26. The summed E-state index contributed by atoms with van der Waals surface area (Å²) in [4.78, 5) is 9.58. The lowest BCUT2D eigenvalue weighted by atomic mass is 10.3. The number of benzene rings is 1. The Balaban J connectivity index is 3.42. The Labute approximate surface area is 121 Å². The number of hydrazine groups is 1. The number of aliphatic hydroxyl groups excluding tert-OH is 2. The Hall–Kier alpha value is -1.79. The molecule has 0 fully saturated rings. The molecule has 0 atom stereocenters. The molecule has 118 valence electrons. The van der Waals surface area contributed by atoms with Crippen molar-refractivity contribution in [2.75, 3.05) is 31.7 Å². The van der Waals surface area contributed by atoms with E-state index in [0.29, 0.717) is 0 Å². The average molecular weight is 320 g/mol. The topological polar surface area (TPSA) is 159 Å². The normalized spacial score (nSPS) is 11.6. The molecule has 1 rings (SSSR count). The van der Waals surface area contributed by atoms with Gasteiger partial charge in [-0.1, -0.05) is 0 Å². The molecule has 0 spiro atoms. The Bertz CT molecular complexity index is 600. The summed E-state index contributed by atoms with van der Waals surface area (Å²) >= 11 is 0. The molecule has 0 amide bonds. The quantitative estimate of drug-likeness (QED) is 0.265. The molecule has 0 aliphatic heterocycles. The lowest BCUT2D eigenvalue weighted by molar-refractivity contribution is -0.387. The third kappa shape index (κ3) is 3.86. The van der Waals surface area contributed by atoms with Gasteiger partial charge in [-0.3, -0.25) is 16.0 Å². The van der Waals surface area contributed by atoms with Crippen molar-refractivity contribution in [1.29, 1.82) is 0 Å². The van der Waals surface area contributed by atoms with Crippen LogP contribution in [0.2, 0.25) is 0 Å². The molecule has 0 saturated heterocycles. The number of anilines is 1. The first kappa shape index (κ1) is 17.3. The Morgan fingerprint density at radius 2 is 1.86 bits per heavy atom. The Kier molecular flexibility index (Phi) is 5.99. The minimum Gasteiger partial charge on any atom is -0.395 e. The van der Waals surface area contributed by atoms with Gasteiger partial charge < -0.3 is 15.6 Å².